The number of hydrogen-bond acceptors (Lipinski definition) is 4. The molecule has 8 heteroatoms. The topological polar surface area (TPSA) is 56.5 Å². The number of para-hydroxylation sites is 3. The lowest BCUT2D eigenvalue weighted by Gasteiger charge is -2.16. The zero-order valence-electron chi connectivity index (χ0n) is 14.6. The number of imidazole rings is 1. The smallest absolute Gasteiger partial charge is 0.449 e. The Kier molecular flexibility index (Phi) is 5.67. The first kappa shape index (κ1) is 19.2. The first-order valence-corrected chi connectivity index (χ1v) is 8.30. The monoisotopic (exact) mass is 380 g/mol. The number of fused-ring (bicyclic) bond motifs is 1. The Hall–Kier alpha value is -2.58. The number of halogens is 3. The average molecular weight is 380 g/mol. The Morgan fingerprint density at radius 2 is 1.81 bits per heavy atom. The van der Waals surface area contributed by atoms with Crippen molar-refractivity contribution in [2.75, 3.05) is 13.7 Å². The van der Waals surface area contributed by atoms with Crippen LogP contribution in [-0.4, -0.2) is 34.5 Å². The van der Waals surface area contributed by atoms with E-state index in [9.17, 15) is 18.3 Å². The molecule has 3 rings (SSSR count). The molecule has 0 radical (unpaired) electrons. The third kappa shape index (κ3) is 4.40. The van der Waals surface area contributed by atoms with E-state index >= 15 is 0 Å². The minimum Gasteiger partial charge on any atom is -0.496 e. The molecule has 1 aromatic heterocycles. The molecule has 0 aliphatic heterocycles. The SMILES string of the molecule is COc1ccccc1COC[C@@H](O)Cn1c(C(F)(F)F)nc2ccccc21. The first-order chi connectivity index (χ1) is 12.9. The van der Waals surface area contributed by atoms with Gasteiger partial charge in [0.05, 0.1) is 44.0 Å². The van der Waals surface area contributed by atoms with Crippen molar-refractivity contribution in [2.24, 2.45) is 0 Å². The van der Waals surface area contributed by atoms with Gasteiger partial charge in [0, 0.05) is 5.56 Å². The predicted octanol–water partition coefficient (Wildman–Crippen LogP) is 3.64. The Morgan fingerprint density at radius 1 is 1.11 bits per heavy atom. The van der Waals surface area contributed by atoms with Gasteiger partial charge in [-0.2, -0.15) is 13.2 Å². The molecule has 1 atom stereocenters. The third-order valence-electron chi connectivity index (χ3n) is 4.06. The van der Waals surface area contributed by atoms with Crippen LogP contribution in [0.25, 0.3) is 11.0 Å². The van der Waals surface area contributed by atoms with Gasteiger partial charge < -0.3 is 19.1 Å². The Labute approximate surface area is 154 Å². The summed E-state index contributed by atoms with van der Waals surface area (Å²) in [6, 6.07) is 13.5. The Morgan fingerprint density at radius 3 is 2.56 bits per heavy atom. The van der Waals surface area contributed by atoms with E-state index < -0.39 is 18.1 Å². The summed E-state index contributed by atoms with van der Waals surface area (Å²) < 4.78 is 51.5. The van der Waals surface area contributed by atoms with E-state index in [0.717, 1.165) is 10.1 Å². The van der Waals surface area contributed by atoms with Crippen LogP contribution < -0.4 is 4.74 Å². The molecule has 0 fully saturated rings. The summed E-state index contributed by atoms with van der Waals surface area (Å²) in [6.45, 7) is -0.221. The second kappa shape index (κ2) is 7.98. The molecule has 0 unspecified atom stereocenters. The van der Waals surface area contributed by atoms with Crippen LogP contribution in [0.5, 0.6) is 5.75 Å². The average Bonchev–Trinajstić information content (AvgIpc) is 3.01. The number of hydrogen-bond donors (Lipinski definition) is 1. The first-order valence-electron chi connectivity index (χ1n) is 8.30. The van der Waals surface area contributed by atoms with E-state index in [1.165, 1.54) is 13.2 Å². The highest BCUT2D eigenvalue weighted by Crippen LogP contribution is 2.31. The molecule has 2 aromatic carbocycles. The second-order valence-electron chi connectivity index (χ2n) is 6.01. The van der Waals surface area contributed by atoms with E-state index in [1.54, 1.807) is 24.3 Å². The maximum atomic E-state index is 13.3. The van der Waals surface area contributed by atoms with E-state index in [1.807, 2.05) is 18.2 Å². The molecule has 0 amide bonds. The maximum absolute atomic E-state index is 13.3. The van der Waals surface area contributed by atoms with Crippen LogP contribution in [0.15, 0.2) is 48.5 Å². The summed E-state index contributed by atoms with van der Waals surface area (Å²) in [6.07, 6.45) is -5.74. The van der Waals surface area contributed by atoms with Crippen molar-refractivity contribution >= 4 is 11.0 Å². The lowest BCUT2D eigenvalue weighted by molar-refractivity contribution is -0.147. The van der Waals surface area contributed by atoms with Crippen LogP contribution >= 0.6 is 0 Å². The number of aromatic nitrogens is 2. The second-order valence-corrected chi connectivity index (χ2v) is 6.01. The molecule has 144 valence electrons. The fourth-order valence-electron chi connectivity index (χ4n) is 2.87. The lowest BCUT2D eigenvalue weighted by Crippen LogP contribution is -2.25. The van der Waals surface area contributed by atoms with Crippen molar-refractivity contribution in [1.29, 1.82) is 0 Å². The van der Waals surface area contributed by atoms with Crippen molar-refractivity contribution in [3.05, 3.63) is 59.9 Å². The number of methoxy groups -OCH3 is 1. The summed E-state index contributed by atoms with van der Waals surface area (Å²) in [5.74, 6) is -0.389. The number of ether oxygens (including phenoxy) is 2. The normalized spacial score (nSPS) is 13.1. The number of rotatable bonds is 7. The van der Waals surface area contributed by atoms with Crippen LogP contribution in [0, 0.1) is 0 Å². The summed E-state index contributed by atoms with van der Waals surface area (Å²) in [5.41, 5.74) is 1.33. The number of aliphatic hydroxyl groups excluding tert-OH is 1. The Bertz CT molecular complexity index is 909. The maximum Gasteiger partial charge on any atom is 0.449 e. The van der Waals surface area contributed by atoms with E-state index in [0.29, 0.717) is 11.3 Å². The Balaban J connectivity index is 1.70. The van der Waals surface area contributed by atoms with E-state index in [4.69, 9.17) is 9.47 Å². The van der Waals surface area contributed by atoms with Crippen molar-refractivity contribution in [2.45, 2.75) is 25.4 Å². The molecule has 27 heavy (non-hydrogen) atoms. The molecule has 1 N–H and O–H groups in total. The number of aliphatic hydroxyl groups is 1. The summed E-state index contributed by atoms with van der Waals surface area (Å²) in [5, 5.41) is 10.2. The minimum atomic E-state index is -4.61. The molecular formula is C19H19F3N2O3. The number of nitrogens with zero attached hydrogens (tertiary/aromatic N) is 2. The molecular weight excluding hydrogens is 361 g/mol. The molecule has 0 saturated carbocycles. The van der Waals surface area contributed by atoms with E-state index in [-0.39, 0.29) is 25.3 Å². The lowest BCUT2D eigenvalue weighted by atomic mass is 10.2. The number of alkyl halides is 3. The van der Waals surface area contributed by atoms with Crippen LogP contribution in [0.3, 0.4) is 0 Å². The molecule has 3 aromatic rings. The fourth-order valence-corrected chi connectivity index (χ4v) is 2.87. The highest BCUT2D eigenvalue weighted by molar-refractivity contribution is 5.76. The van der Waals surface area contributed by atoms with Gasteiger partial charge in [0.2, 0.25) is 5.82 Å². The fraction of sp³-hybridized carbons (Fsp3) is 0.316. The molecule has 0 aliphatic carbocycles. The molecule has 0 spiro atoms. The van der Waals surface area contributed by atoms with Crippen LogP contribution in [0.4, 0.5) is 13.2 Å². The van der Waals surface area contributed by atoms with Gasteiger partial charge in [-0.05, 0) is 18.2 Å². The number of benzene rings is 2. The largest absolute Gasteiger partial charge is 0.496 e. The molecule has 1 heterocycles. The predicted molar refractivity (Wildman–Crippen MR) is 93.4 cm³/mol. The zero-order chi connectivity index (χ0) is 19.4. The van der Waals surface area contributed by atoms with Gasteiger partial charge in [-0.15, -0.1) is 0 Å². The van der Waals surface area contributed by atoms with Crippen LogP contribution in [-0.2, 0) is 24.1 Å². The van der Waals surface area contributed by atoms with Gasteiger partial charge in [-0.1, -0.05) is 30.3 Å². The zero-order valence-corrected chi connectivity index (χ0v) is 14.6. The molecule has 5 nitrogen and oxygen atoms in total. The van der Waals surface area contributed by atoms with Gasteiger partial charge in [-0.3, -0.25) is 0 Å². The van der Waals surface area contributed by atoms with Crippen molar-refractivity contribution in [3.63, 3.8) is 0 Å². The highest BCUT2D eigenvalue weighted by Gasteiger charge is 2.37. The summed E-state index contributed by atoms with van der Waals surface area (Å²) >= 11 is 0. The van der Waals surface area contributed by atoms with Crippen LogP contribution in [0.1, 0.15) is 11.4 Å². The van der Waals surface area contributed by atoms with Gasteiger partial charge in [0.15, 0.2) is 0 Å². The summed E-state index contributed by atoms with van der Waals surface area (Å²) in [7, 11) is 1.54. The van der Waals surface area contributed by atoms with E-state index in [2.05, 4.69) is 4.98 Å². The van der Waals surface area contributed by atoms with Gasteiger partial charge in [0.25, 0.3) is 0 Å². The standard InChI is InChI=1S/C19H19F3N2O3/c1-26-17-9-5-2-6-13(17)11-27-12-14(25)10-24-16-8-4-3-7-15(16)23-18(24)19(20,21)22/h2-9,14,25H,10-12H2,1H3/t14-/m0/s1. The molecule has 0 saturated heterocycles. The highest BCUT2D eigenvalue weighted by atomic mass is 19.4. The van der Waals surface area contributed by atoms with Crippen LogP contribution in [0.2, 0.25) is 0 Å². The third-order valence-corrected chi connectivity index (χ3v) is 4.06. The molecule has 0 aliphatic rings. The van der Waals surface area contributed by atoms with Crippen molar-refractivity contribution in [1.82, 2.24) is 9.55 Å². The van der Waals surface area contributed by atoms with Crippen molar-refractivity contribution in [3.8, 4) is 5.75 Å². The van der Waals surface area contributed by atoms with Crippen molar-refractivity contribution < 1.29 is 27.8 Å². The quantitative estimate of drug-likeness (QED) is 0.680. The molecule has 0 bridgehead atoms. The summed E-state index contributed by atoms with van der Waals surface area (Å²) in [4.78, 5) is 3.66. The van der Waals surface area contributed by atoms with Gasteiger partial charge in [0.1, 0.15) is 5.75 Å². The minimum absolute atomic E-state index is 0.123. The van der Waals surface area contributed by atoms with Gasteiger partial charge >= 0.3 is 6.18 Å². The van der Waals surface area contributed by atoms with Gasteiger partial charge in [-0.25, -0.2) is 4.98 Å².